The van der Waals surface area contributed by atoms with E-state index in [0.717, 1.165) is 19.3 Å². The lowest BCUT2D eigenvalue weighted by Crippen LogP contribution is -2.24. The molecule has 0 radical (unpaired) electrons. The summed E-state index contributed by atoms with van der Waals surface area (Å²) in [4.78, 5) is 0. The van der Waals surface area contributed by atoms with E-state index in [0.29, 0.717) is 12.0 Å². The van der Waals surface area contributed by atoms with Crippen molar-refractivity contribution in [2.75, 3.05) is 0 Å². The summed E-state index contributed by atoms with van der Waals surface area (Å²) in [5.74, 6) is 6.70. The molecule has 1 aliphatic carbocycles. The fourth-order valence-electron chi connectivity index (χ4n) is 3.26. The zero-order valence-corrected chi connectivity index (χ0v) is 14.8. The van der Waals surface area contributed by atoms with Gasteiger partial charge in [-0.1, -0.05) is 50.6 Å². The Kier molecular flexibility index (Phi) is 6.78. The first-order valence-electron chi connectivity index (χ1n) is 8.87. The smallest absolute Gasteiger partial charge is 0.105 e. The third-order valence-electron chi connectivity index (χ3n) is 4.69. The number of rotatable bonds is 6. The number of ether oxygens (including phenoxy) is 1. The molecule has 1 aromatic rings. The van der Waals surface area contributed by atoms with Gasteiger partial charge in [-0.15, -0.1) is 11.8 Å². The molecule has 0 heterocycles. The molecule has 2 atom stereocenters. The third-order valence-corrected chi connectivity index (χ3v) is 4.69. The van der Waals surface area contributed by atoms with Crippen molar-refractivity contribution in [1.29, 1.82) is 0 Å². The van der Waals surface area contributed by atoms with Crippen LogP contribution in [-0.2, 0) is 4.74 Å². The fraction of sp³-hybridized carbons (Fsp3) is 0.545. The summed E-state index contributed by atoms with van der Waals surface area (Å²) in [6, 6.07) is 10.8. The van der Waals surface area contributed by atoms with Gasteiger partial charge >= 0.3 is 0 Å². The maximum absolute atomic E-state index is 6.13. The van der Waals surface area contributed by atoms with Crippen LogP contribution in [0, 0.1) is 17.3 Å². The summed E-state index contributed by atoms with van der Waals surface area (Å²) in [6.07, 6.45) is 11.4. The lowest BCUT2D eigenvalue weighted by Gasteiger charge is -2.31. The maximum Gasteiger partial charge on any atom is 0.105 e. The van der Waals surface area contributed by atoms with Gasteiger partial charge in [0.1, 0.15) is 6.10 Å². The van der Waals surface area contributed by atoms with E-state index in [1.54, 1.807) is 0 Å². The first-order chi connectivity index (χ1) is 11.1. The van der Waals surface area contributed by atoms with Crippen LogP contribution in [0.2, 0.25) is 0 Å². The number of hydrogen-bond acceptors (Lipinski definition) is 1. The second-order valence-electron chi connectivity index (χ2n) is 7.32. The van der Waals surface area contributed by atoms with Crippen molar-refractivity contribution < 1.29 is 4.74 Å². The van der Waals surface area contributed by atoms with Crippen LogP contribution < -0.4 is 0 Å². The molecule has 1 saturated carbocycles. The summed E-state index contributed by atoms with van der Waals surface area (Å²) in [7, 11) is 0. The third kappa shape index (κ3) is 5.79. The molecule has 0 aliphatic heterocycles. The Hall–Kier alpha value is -1.68. The van der Waals surface area contributed by atoms with Crippen molar-refractivity contribution in [2.45, 2.75) is 71.3 Å². The highest BCUT2D eigenvalue weighted by molar-refractivity contribution is 5.21. The molecule has 0 amide bonds. The maximum atomic E-state index is 6.13. The predicted octanol–water partition coefficient (Wildman–Crippen LogP) is 6.07. The Balaban J connectivity index is 1.89. The highest BCUT2D eigenvalue weighted by Gasteiger charge is 2.27. The van der Waals surface area contributed by atoms with E-state index in [1.807, 2.05) is 13.2 Å². The highest BCUT2D eigenvalue weighted by atomic mass is 16.5. The lowest BCUT2D eigenvalue weighted by atomic mass is 9.81. The van der Waals surface area contributed by atoms with E-state index in [9.17, 15) is 0 Å². The minimum atomic E-state index is 0.217. The van der Waals surface area contributed by atoms with Crippen LogP contribution in [0.4, 0.5) is 0 Å². The van der Waals surface area contributed by atoms with Crippen LogP contribution in [0.3, 0.4) is 0 Å². The Bertz CT molecular complexity index is 544. The van der Waals surface area contributed by atoms with E-state index in [4.69, 9.17) is 4.74 Å². The molecule has 0 saturated heterocycles. The molecule has 0 unspecified atom stereocenters. The zero-order valence-electron chi connectivity index (χ0n) is 14.8. The van der Waals surface area contributed by atoms with Crippen LogP contribution in [0.25, 0.3) is 0 Å². The monoisotopic (exact) mass is 310 g/mol. The van der Waals surface area contributed by atoms with Gasteiger partial charge in [-0.2, -0.15) is 0 Å². The molecular weight excluding hydrogens is 280 g/mol. The van der Waals surface area contributed by atoms with Crippen molar-refractivity contribution in [3.8, 4) is 11.8 Å². The first-order valence-corrected chi connectivity index (χ1v) is 8.87. The van der Waals surface area contributed by atoms with Crippen molar-refractivity contribution in [3.05, 3.63) is 48.2 Å². The SMILES string of the molecule is CC#CCC(C)(C)C/C=C/O[C@@H]1CCCC[C@H]1c1ccccc1. The van der Waals surface area contributed by atoms with Crippen molar-refractivity contribution in [3.63, 3.8) is 0 Å². The standard InChI is InChI=1S/C22H30O/c1-4-5-16-22(2,3)17-11-18-23-21-15-10-9-14-20(21)19-12-7-6-8-13-19/h6-8,11-13,18,20-21H,9-10,14-17H2,1-3H3/b18-11+/t20-,21+/m0/s1. The van der Waals surface area contributed by atoms with Crippen LogP contribution in [0.1, 0.15) is 70.8 Å². The van der Waals surface area contributed by atoms with Crippen molar-refractivity contribution >= 4 is 0 Å². The van der Waals surface area contributed by atoms with E-state index in [-0.39, 0.29) is 5.41 Å². The molecule has 0 bridgehead atoms. The molecule has 0 spiro atoms. The molecule has 124 valence electrons. The first kappa shape index (κ1) is 17.7. The Morgan fingerprint density at radius 2 is 1.91 bits per heavy atom. The van der Waals surface area contributed by atoms with Gasteiger partial charge in [0, 0.05) is 12.3 Å². The minimum absolute atomic E-state index is 0.217. The van der Waals surface area contributed by atoms with Crippen LogP contribution in [0.15, 0.2) is 42.7 Å². The summed E-state index contributed by atoms with van der Waals surface area (Å²) in [5, 5.41) is 0. The van der Waals surface area contributed by atoms with Gasteiger partial charge in [0.15, 0.2) is 0 Å². The Labute approximate surface area is 142 Å². The molecule has 1 heteroatoms. The van der Waals surface area contributed by atoms with Gasteiger partial charge < -0.3 is 4.74 Å². The van der Waals surface area contributed by atoms with Gasteiger partial charge in [0.05, 0.1) is 6.26 Å². The second kappa shape index (κ2) is 8.82. The summed E-state index contributed by atoms with van der Waals surface area (Å²) >= 11 is 0. The van der Waals surface area contributed by atoms with E-state index >= 15 is 0 Å². The number of benzene rings is 1. The molecule has 2 rings (SSSR count). The Morgan fingerprint density at radius 3 is 2.65 bits per heavy atom. The van der Waals surface area contributed by atoms with Gasteiger partial charge in [-0.05, 0) is 49.7 Å². The van der Waals surface area contributed by atoms with Crippen LogP contribution >= 0.6 is 0 Å². The van der Waals surface area contributed by atoms with Gasteiger partial charge in [0.25, 0.3) is 0 Å². The molecule has 23 heavy (non-hydrogen) atoms. The molecule has 1 fully saturated rings. The summed E-state index contributed by atoms with van der Waals surface area (Å²) < 4.78 is 6.13. The predicted molar refractivity (Wildman–Crippen MR) is 98.1 cm³/mol. The topological polar surface area (TPSA) is 9.23 Å². The highest BCUT2D eigenvalue weighted by Crippen LogP contribution is 2.35. The summed E-state index contributed by atoms with van der Waals surface area (Å²) in [5.41, 5.74) is 1.64. The van der Waals surface area contributed by atoms with Crippen molar-refractivity contribution in [2.24, 2.45) is 5.41 Å². The van der Waals surface area contributed by atoms with E-state index in [2.05, 4.69) is 62.1 Å². The number of hydrogen-bond donors (Lipinski definition) is 0. The zero-order chi connectivity index (χ0) is 16.5. The normalized spacial score (nSPS) is 21.7. The molecule has 1 aliphatic rings. The fourth-order valence-corrected chi connectivity index (χ4v) is 3.26. The molecular formula is C22H30O. The molecule has 1 aromatic carbocycles. The minimum Gasteiger partial charge on any atom is -0.498 e. The largest absolute Gasteiger partial charge is 0.498 e. The summed E-state index contributed by atoms with van der Waals surface area (Å²) in [6.45, 7) is 6.42. The quantitative estimate of drug-likeness (QED) is 0.457. The van der Waals surface area contributed by atoms with Crippen LogP contribution in [0.5, 0.6) is 0 Å². The van der Waals surface area contributed by atoms with Gasteiger partial charge in [-0.3, -0.25) is 0 Å². The molecule has 1 nitrogen and oxygen atoms in total. The second-order valence-corrected chi connectivity index (χ2v) is 7.32. The Morgan fingerprint density at radius 1 is 1.17 bits per heavy atom. The van der Waals surface area contributed by atoms with Gasteiger partial charge in [0.2, 0.25) is 0 Å². The average molecular weight is 310 g/mol. The van der Waals surface area contributed by atoms with Crippen molar-refractivity contribution in [1.82, 2.24) is 0 Å². The van der Waals surface area contributed by atoms with E-state index < -0.39 is 0 Å². The molecule has 0 N–H and O–H groups in total. The van der Waals surface area contributed by atoms with E-state index in [1.165, 1.54) is 24.8 Å². The lowest BCUT2D eigenvalue weighted by molar-refractivity contribution is 0.0839. The van der Waals surface area contributed by atoms with Gasteiger partial charge in [-0.25, -0.2) is 0 Å². The average Bonchev–Trinajstić information content (AvgIpc) is 2.58. The van der Waals surface area contributed by atoms with Crippen LogP contribution in [-0.4, -0.2) is 6.10 Å². The molecule has 0 aromatic heterocycles. The number of allylic oxidation sites excluding steroid dienone is 1.